The SMILES string of the molecule is Cc1cc(Br)ccc1OP(=O)([O-])O.[Na+]. The zero-order valence-electron chi connectivity index (χ0n) is 7.73. The minimum atomic E-state index is -4.69. The molecule has 0 amide bonds. The summed E-state index contributed by atoms with van der Waals surface area (Å²) in [6.07, 6.45) is 0. The van der Waals surface area contributed by atoms with Gasteiger partial charge in [-0.1, -0.05) is 15.9 Å². The average molecular weight is 289 g/mol. The molecule has 0 aliphatic carbocycles. The molecule has 1 atom stereocenters. The standard InChI is InChI=1S/C7H8BrO4P.Na/c1-5-4-6(8)2-3-7(5)12-13(9,10)11;/h2-4H,1H3,(H2,9,10,11);/q;+1/p-1. The van der Waals surface area contributed by atoms with Crippen molar-refractivity contribution in [1.29, 1.82) is 0 Å². The minimum absolute atomic E-state index is 0. The number of rotatable bonds is 2. The van der Waals surface area contributed by atoms with Gasteiger partial charge in [0.1, 0.15) is 5.75 Å². The van der Waals surface area contributed by atoms with E-state index >= 15 is 0 Å². The zero-order chi connectivity index (χ0) is 10.1. The Labute approximate surface area is 112 Å². The number of phosphoric ester groups is 1. The molecule has 0 bridgehead atoms. The first-order chi connectivity index (χ1) is 5.88. The van der Waals surface area contributed by atoms with E-state index in [0.29, 0.717) is 5.56 Å². The van der Waals surface area contributed by atoms with E-state index in [1.54, 1.807) is 19.1 Å². The molecule has 1 aromatic carbocycles. The maximum atomic E-state index is 10.4. The number of aryl methyl sites for hydroxylation is 1. The van der Waals surface area contributed by atoms with E-state index in [9.17, 15) is 9.46 Å². The van der Waals surface area contributed by atoms with Gasteiger partial charge in [-0.3, -0.25) is 4.57 Å². The van der Waals surface area contributed by atoms with E-state index in [0.717, 1.165) is 4.47 Å². The molecule has 14 heavy (non-hydrogen) atoms. The molecule has 1 rings (SSSR count). The van der Waals surface area contributed by atoms with Crippen LogP contribution in [0.3, 0.4) is 0 Å². The second-order valence-electron chi connectivity index (χ2n) is 2.47. The van der Waals surface area contributed by atoms with Gasteiger partial charge in [0.05, 0.1) is 0 Å². The molecule has 72 valence electrons. The van der Waals surface area contributed by atoms with Crippen LogP contribution < -0.4 is 39.0 Å². The summed E-state index contributed by atoms with van der Waals surface area (Å²) in [4.78, 5) is 18.8. The molecule has 1 unspecified atom stereocenters. The van der Waals surface area contributed by atoms with Crippen molar-refractivity contribution < 1.29 is 48.4 Å². The van der Waals surface area contributed by atoms with E-state index in [4.69, 9.17) is 4.89 Å². The fourth-order valence-corrected chi connectivity index (χ4v) is 1.77. The largest absolute Gasteiger partial charge is 1.00 e. The number of hydrogen-bond acceptors (Lipinski definition) is 3. The third-order valence-corrected chi connectivity index (χ3v) is 2.27. The molecule has 0 heterocycles. The minimum Gasteiger partial charge on any atom is -0.746 e. The number of halogens is 1. The smallest absolute Gasteiger partial charge is 0.746 e. The fourth-order valence-electron chi connectivity index (χ4n) is 0.840. The molecule has 0 spiro atoms. The van der Waals surface area contributed by atoms with Crippen LogP contribution in [0.2, 0.25) is 0 Å². The van der Waals surface area contributed by atoms with Crippen molar-refractivity contribution >= 4 is 23.8 Å². The van der Waals surface area contributed by atoms with Gasteiger partial charge in [-0.2, -0.15) is 0 Å². The van der Waals surface area contributed by atoms with Crippen molar-refractivity contribution in [2.75, 3.05) is 0 Å². The quantitative estimate of drug-likeness (QED) is 0.537. The van der Waals surface area contributed by atoms with E-state index < -0.39 is 7.82 Å². The number of hydrogen-bond donors (Lipinski definition) is 1. The summed E-state index contributed by atoms with van der Waals surface area (Å²) in [6, 6.07) is 4.77. The predicted octanol–water partition coefficient (Wildman–Crippen LogP) is -1.40. The van der Waals surface area contributed by atoms with E-state index in [2.05, 4.69) is 20.5 Å². The Bertz CT molecular complexity index is 365. The summed E-state index contributed by atoms with van der Waals surface area (Å²) < 4.78 is 15.5. The zero-order valence-corrected chi connectivity index (χ0v) is 12.2. The second kappa shape index (κ2) is 5.66. The van der Waals surface area contributed by atoms with E-state index in [1.165, 1.54) is 6.07 Å². The fraction of sp³-hybridized carbons (Fsp3) is 0.143. The predicted molar refractivity (Wildman–Crippen MR) is 49.3 cm³/mol. The third-order valence-electron chi connectivity index (χ3n) is 1.35. The van der Waals surface area contributed by atoms with Crippen molar-refractivity contribution in [3.63, 3.8) is 0 Å². The Morgan fingerprint density at radius 3 is 2.57 bits per heavy atom. The first-order valence-corrected chi connectivity index (χ1v) is 5.67. The topological polar surface area (TPSA) is 69.6 Å². The van der Waals surface area contributed by atoms with Gasteiger partial charge in [0, 0.05) is 4.47 Å². The van der Waals surface area contributed by atoms with Crippen molar-refractivity contribution in [2.45, 2.75) is 6.92 Å². The van der Waals surface area contributed by atoms with Gasteiger partial charge < -0.3 is 14.3 Å². The molecule has 0 radical (unpaired) electrons. The van der Waals surface area contributed by atoms with Crippen LogP contribution in [0.4, 0.5) is 0 Å². The summed E-state index contributed by atoms with van der Waals surface area (Å²) in [5.41, 5.74) is 0.625. The maximum absolute atomic E-state index is 10.4. The first-order valence-electron chi connectivity index (χ1n) is 3.38. The van der Waals surface area contributed by atoms with Crippen LogP contribution in [-0.2, 0) is 4.57 Å². The van der Waals surface area contributed by atoms with Crippen LogP contribution in [-0.4, -0.2) is 4.89 Å². The molecule has 0 saturated heterocycles. The molecular weight excluding hydrogens is 282 g/mol. The molecule has 1 aromatic rings. The van der Waals surface area contributed by atoms with Crippen LogP contribution in [0.25, 0.3) is 0 Å². The molecule has 4 nitrogen and oxygen atoms in total. The Morgan fingerprint density at radius 2 is 2.14 bits per heavy atom. The number of benzene rings is 1. The summed E-state index contributed by atoms with van der Waals surface area (Å²) >= 11 is 3.21. The summed E-state index contributed by atoms with van der Waals surface area (Å²) in [7, 11) is -4.69. The van der Waals surface area contributed by atoms with Gasteiger partial charge in [-0.25, -0.2) is 0 Å². The van der Waals surface area contributed by atoms with Crippen molar-refractivity contribution in [3.8, 4) is 5.75 Å². The second-order valence-corrected chi connectivity index (χ2v) is 4.51. The molecule has 0 aromatic heterocycles. The van der Waals surface area contributed by atoms with Crippen molar-refractivity contribution in [1.82, 2.24) is 0 Å². The first kappa shape index (κ1) is 14.6. The van der Waals surface area contributed by atoms with Crippen molar-refractivity contribution in [3.05, 3.63) is 28.2 Å². The van der Waals surface area contributed by atoms with E-state index in [-0.39, 0.29) is 35.3 Å². The summed E-state index contributed by atoms with van der Waals surface area (Å²) in [6.45, 7) is 1.68. The third kappa shape index (κ3) is 4.94. The molecular formula is C7H7BrNaO4P. The van der Waals surface area contributed by atoms with Gasteiger partial charge in [0.15, 0.2) is 0 Å². The molecule has 1 N–H and O–H groups in total. The van der Waals surface area contributed by atoms with Crippen LogP contribution in [0, 0.1) is 6.92 Å². The van der Waals surface area contributed by atoms with Gasteiger partial charge in [0.2, 0.25) is 0 Å². The molecule has 0 aliphatic heterocycles. The van der Waals surface area contributed by atoms with Crippen LogP contribution in [0.1, 0.15) is 5.56 Å². The molecule has 0 aliphatic rings. The monoisotopic (exact) mass is 288 g/mol. The molecule has 0 saturated carbocycles. The summed E-state index contributed by atoms with van der Waals surface area (Å²) in [5.74, 6) is 0.129. The molecule has 0 fully saturated rings. The Morgan fingerprint density at radius 1 is 1.57 bits per heavy atom. The maximum Gasteiger partial charge on any atom is 1.00 e. The van der Waals surface area contributed by atoms with Gasteiger partial charge in [0.25, 0.3) is 0 Å². The Kier molecular flexibility index (Phi) is 5.92. The average Bonchev–Trinajstić information content (AvgIpc) is 1.93. The van der Waals surface area contributed by atoms with E-state index in [1.807, 2.05) is 0 Å². The summed E-state index contributed by atoms with van der Waals surface area (Å²) in [5, 5.41) is 0. The Balaban J connectivity index is 0.00000169. The number of phosphoric acid groups is 1. The normalized spacial score (nSPS) is 14.0. The van der Waals surface area contributed by atoms with Crippen LogP contribution in [0.15, 0.2) is 22.7 Å². The van der Waals surface area contributed by atoms with Crippen LogP contribution in [0.5, 0.6) is 5.75 Å². The Hall–Kier alpha value is 0.650. The van der Waals surface area contributed by atoms with Crippen molar-refractivity contribution in [2.24, 2.45) is 0 Å². The van der Waals surface area contributed by atoms with Gasteiger partial charge in [-0.05, 0) is 30.7 Å². The van der Waals surface area contributed by atoms with Gasteiger partial charge in [-0.15, -0.1) is 0 Å². The van der Waals surface area contributed by atoms with Crippen LogP contribution >= 0.6 is 23.8 Å². The van der Waals surface area contributed by atoms with Gasteiger partial charge >= 0.3 is 37.4 Å². The molecule has 7 heteroatoms.